The zero-order chi connectivity index (χ0) is 21.0. The molecule has 0 fully saturated rings. The topological polar surface area (TPSA) is 80.6 Å². The molecule has 0 saturated heterocycles. The molecule has 0 spiro atoms. The van der Waals surface area contributed by atoms with E-state index in [4.69, 9.17) is 14.2 Å². The van der Waals surface area contributed by atoms with Crippen LogP contribution in [0.2, 0.25) is 0 Å². The first-order valence-corrected chi connectivity index (χ1v) is 8.48. The molecule has 1 N–H and O–H groups in total. The molecular weight excluding hydrogens is 389 g/mol. The maximum absolute atomic E-state index is 12.8. The van der Waals surface area contributed by atoms with Crippen molar-refractivity contribution >= 4 is 17.7 Å². The van der Waals surface area contributed by atoms with Gasteiger partial charge in [-0.2, -0.15) is 18.4 Å². The van der Waals surface area contributed by atoms with Crippen LogP contribution in [0.4, 0.5) is 18.9 Å². The Labute approximate surface area is 164 Å². The summed E-state index contributed by atoms with van der Waals surface area (Å²) in [6.45, 7) is 2.14. The lowest BCUT2D eigenvalue weighted by Gasteiger charge is -2.11. The molecule has 3 rings (SSSR count). The fourth-order valence-electron chi connectivity index (χ4n) is 2.61. The zero-order valence-corrected chi connectivity index (χ0v) is 15.2. The van der Waals surface area contributed by atoms with E-state index in [-0.39, 0.29) is 18.1 Å². The van der Waals surface area contributed by atoms with Gasteiger partial charge in [0.15, 0.2) is 11.5 Å². The molecule has 1 aliphatic rings. The summed E-state index contributed by atoms with van der Waals surface area (Å²) in [7, 11) is 0. The van der Waals surface area contributed by atoms with Crippen LogP contribution in [0, 0.1) is 11.3 Å². The predicted octanol–water partition coefficient (Wildman–Crippen LogP) is 4.38. The molecule has 1 amide bonds. The number of amides is 1. The van der Waals surface area contributed by atoms with E-state index in [0.29, 0.717) is 29.4 Å². The van der Waals surface area contributed by atoms with Gasteiger partial charge in [0.2, 0.25) is 6.79 Å². The van der Waals surface area contributed by atoms with Gasteiger partial charge in [0, 0.05) is 17.3 Å². The van der Waals surface area contributed by atoms with Crippen molar-refractivity contribution in [1.29, 1.82) is 5.26 Å². The third kappa shape index (κ3) is 4.60. The summed E-state index contributed by atoms with van der Waals surface area (Å²) in [4.78, 5) is 12.4. The van der Waals surface area contributed by atoms with Crippen molar-refractivity contribution in [2.75, 3.05) is 18.7 Å². The number of carbonyl (C=O) groups is 1. The summed E-state index contributed by atoms with van der Waals surface area (Å²) in [5.74, 6) is 0.413. The molecule has 0 unspecified atom stereocenters. The van der Waals surface area contributed by atoms with Crippen LogP contribution in [0.3, 0.4) is 0 Å². The van der Waals surface area contributed by atoms with Crippen LogP contribution in [-0.4, -0.2) is 19.3 Å². The summed E-state index contributed by atoms with van der Waals surface area (Å²) in [5, 5.41) is 11.7. The first-order valence-electron chi connectivity index (χ1n) is 8.48. The average Bonchev–Trinajstić information content (AvgIpc) is 3.13. The molecule has 2 aromatic rings. The predicted molar refractivity (Wildman–Crippen MR) is 97.4 cm³/mol. The molecule has 0 aliphatic carbocycles. The molecule has 150 valence electrons. The third-order valence-corrected chi connectivity index (χ3v) is 3.92. The van der Waals surface area contributed by atoms with Crippen molar-refractivity contribution in [3.05, 3.63) is 53.1 Å². The molecule has 0 aromatic heterocycles. The van der Waals surface area contributed by atoms with Crippen molar-refractivity contribution in [3.63, 3.8) is 0 Å². The Morgan fingerprint density at radius 2 is 2.00 bits per heavy atom. The zero-order valence-electron chi connectivity index (χ0n) is 15.2. The molecule has 0 atom stereocenters. The van der Waals surface area contributed by atoms with Gasteiger partial charge in [0.05, 0.1) is 12.2 Å². The molecule has 1 heterocycles. The summed E-state index contributed by atoms with van der Waals surface area (Å²) < 4.78 is 54.6. The van der Waals surface area contributed by atoms with Crippen molar-refractivity contribution < 1.29 is 32.2 Å². The van der Waals surface area contributed by atoms with Gasteiger partial charge in [0.25, 0.3) is 5.91 Å². The number of benzene rings is 2. The van der Waals surface area contributed by atoms with Crippen LogP contribution in [0.25, 0.3) is 6.08 Å². The number of anilines is 1. The highest BCUT2D eigenvalue weighted by Crippen LogP contribution is 2.39. The Morgan fingerprint density at radius 3 is 2.66 bits per heavy atom. The highest BCUT2D eigenvalue weighted by atomic mass is 19.4. The third-order valence-electron chi connectivity index (χ3n) is 3.92. The van der Waals surface area contributed by atoms with Crippen LogP contribution in [0.5, 0.6) is 17.2 Å². The van der Waals surface area contributed by atoms with E-state index >= 15 is 0 Å². The van der Waals surface area contributed by atoms with E-state index in [1.54, 1.807) is 25.1 Å². The normalized spacial score (nSPS) is 13.0. The fourth-order valence-corrected chi connectivity index (χ4v) is 2.61. The number of nitrogens with one attached hydrogen (secondary N) is 1. The van der Waals surface area contributed by atoms with Crippen molar-refractivity contribution in [2.24, 2.45) is 0 Å². The number of nitrogens with zero attached hydrogens (tertiary/aromatic N) is 1. The van der Waals surface area contributed by atoms with E-state index in [2.05, 4.69) is 5.32 Å². The van der Waals surface area contributed by atoms with E-state index in [1.165, 1.54) is 18.2 Å². The lowest BCUT2D eigenvalue weighted by atomic mass is 10.1. The number of alkyl halides is 3. The lowest BCUT2D eigenvalue weighted by Crippen LogP contribution is -2.14. The molecular formula is C20H15F3N2O4. The second-order valence-corrected chi connectivity index (χ2v) is 5.88. The monoisotopic (exact) mass is 404 g/mol. The minimum absolute atomic E-state index is 0.0369. The number of hydrogen-bond donors (Lipinski definition) is 1. The molecule has 1 aliphatic heterocycles. The van der Waals surface area contributed by atoms with Gasteiger partial charge in [-0.3, -0.25) is 4.79 Å². The van der Waals surface area contributed by atoms with Gasteiger partial charge in [0.1, 0.15) is 17.4 Å². The Kier molecular flexibility index (Phi) is 5.64. The van der Waals surface area contributed by atoms with Gasteiger partial charge in [-0.15, -0.1) is 0 Å². The Morgan fingerprint density at radius 1 is 1.28 bits per heavy atom. The molecule has 0 radical (unpaired) electrons. The number of halogens is 3. The van der Waals surface area contributed by atoms with Crippen LogP contribution in [0.1, 0.15) is 18.1 Å². The first-order chi connectivity index (χ1) is 13.8. The smallest absolute Gasteiger partial charge is 0.416 e. The molecule has 0 saturated carbocycles. The lowest BCUT2D eigenvalue weighted by molar-refractivity contribution is -0.137. The molecule has 2 aromatic carbocycles. The van der Waals surface area contributed by atoms with Gasteiger partial charge < -0.3 is 19.5 Å². The minimum Gasteiger partial charge on any atom is -0.493 e. The Balaban J connectivity index is 1.89. The van der Waals surface area contributed by atoms with E-state index in [1.807, 2.05) is 0 Å². The van der Waals surface area contributed by atoms with Crippen LogP contribution >= 0.6 is 0 Å². The van der Waals surface area contributed by atoms with Crippen LogP contribution in [0.15, 0.2) is 42.0 Å². The maximum atomic E-state index is 12.8. The summed E-state index contributed by atoms with van der Waals surface area (Å²) >= 11 is 0. The summed E-state index contributed by atoms with van der Waals surface area (Å²) in [5.41, 5.74) is -0.914. The van der Waals surface area contributed by atoms with Crippen LogP contribution < -0.4 is 19.5 Å². The maximum Gasteiger partial charge on any atom is 0.416 e. The molecule has 29 heavy (non-hydrogen) atoms. The van der Waals surface area contributed by atoms with Crippen molar-refractivity contribution in [1.82, 2.24) is 0 Å². The molecule has 9 heteroatoms. The van der Waals surface area contributed by atoms with Crippen molar-refractivity contribution in [2.45, 2.75) is 13.1 Å². The number of hydrogen-bond acceptors (Lipinski definition) is 5. The van der Waals surface area contributed by atoms with Gasteiger partial charge in [-0.25, -0.2) is 0 Å². The van der Waals surface area contributed by atoms with Crippen LogP contribution in [-0.2, 0) is 11.0 Å². The Hall–Kier alpha value is -3.67. The summed E-state index contributed by atoms with van der Waals surface area (Å²) in [6, 6.07) is 9.03. The largest absolute Gasteiger partial charge is 0.493 e. The highest BCUT2D eigenvalue weighted by molar-refractivity contribution is 6.09. The van der Waals surface area contributed by atoms with E-state index in [9.17, 15) is 23.2 Å². The van der Waals surface area contributed by atoms with Gasteiger partial charge >= 0.3 is 6.18 Å². The van der Waals surface area contributed by atoms with Crippen molar-refractivity contribution in [3.8, 4) is 23.3 Å². The second kappa shape index (κ2) is 8.14. The molecule has 6 nitrogen and oxygen atoms in total. The van der Waals surface area contributed by atoms with E-state index in [0.717, 1.165) is 12.1 Å². The highest BCUT2D eigenvalue weighted by Gasteiger charge is 2.30. The summed E-state index contributed by atoms with van der Waals surface area (Å²) in [6.07, 6.45) is -3.27. The second-order valence-electron chi connectivity index (χ2n) is 5.88. The number of ether oxygens (including phenoxy) is 3. The SMILES string of the molecule is CCOc1cc2c(cc1/C=C(/C#N)C(=O)Nc1cccc(C(F)(F)F)c1)OCO2. The van der Waals surface area contributed by atoms with Gasteiger partial charge in [-0.05, 0) is 37.3 Å². The Bertz CT molecular complexity index is 1010. The van der Waals surface area contributed by atoms with E-state index < -0.39 is 17.6 Å². The first kappa shape index (κ1) is 20.1. The fraction of sp³-hybridized carbons (Fsp3) is 0.200. The minimum atomic E-state index is -4.55. The standard InChI is InChI=1S/C20H15F3N2O4/c1-2-27-16-9-18-17(28-11-29-18)7-12(16)6-13(10-24)19(26)25-15-5-3-4-14(8-15)20(21,22)23/h3-9H,2,11H2,1H3,(H,25,26)/b13-6-. The van der Waals surface area contributed by atoms with Gasteiger partial charge in [-0.1, -0.05) is 6.07 Å². The number of rotatable bonds is 5. The number of carbonyl (C=O) groups excluding carboxylic acids is 1. The number of fused-ring (bicyclic) bond motifs is 1. The molecule has 0 bridgehead atoms. The average molecular weight is 404 g/mol. The quantitative estimate of drug-likeness (QED) is 0.591. The number of nitriles is 1.